The maximum atomic E-state index is 12.9. The molecule has 1 aromatic rings. The van der Waals surface area contributed by atoms with Gasteiger partial charge in [0.25, 0.3) is 5.91 Å². The molecule has 0 bridgehead atoms. The predicted molar refractivity (Wildman–Crippen MR) is 91.1 cm³/mol. The van der Waals surface area contributed by atoms with E-state index in [1.54, 1.807) is 25.9 Å². The lowest BCUT2D eigenvalue weighted by molar-refractivity contribution is -0.183. The molecule has 2 fully saturated rings. The van der Waals surface area contributed by atoms with Gasteiger partial charge in [-0.25, -0.2) is 4.79 Å². The van der Waals surface area contributed by atoms with E-state index < -0.39 is 5.97 Å². The molecule has 1 spiro atoms. The van der Waals surface area contributed by atoms with E-state index in [9.17, 15) is 14.7 Å². The van der Waals surface area contributed by atoms with Gasteiger partial charge in [-0.15, -0.1) is 0 Å². The van der Waals surface area contributed by atoms with Crippen LogP contribution in [0.4, 0.5) is 0 Å². The number of nitrogens with zero attached hydrogens (tertiary/aromatic N) is 1. The third-order valence-electron chi connectivity index (χ3n) is 5.63. The molecule has 0 radical (unpaired) electrons. The number of aromatic amines is 1. The van der Waals surface area contributed by atoms with Crippen LogP contribution in [0.2, 0.25) is 0 Å². The molecule has 0 aliphatic carbocycles. The van der Waals surface area contributed by atoms with Gasteiger partial charge >= 0.3 is 5.97 Å². The predicted octanol–water partition coefficient (Wildman–Crippen LogP) is 2.13. The quantitative estimate of drug-likeness (QED) is 0.871. The fraction of sp³-hybridized carbons (Fsp3) is 0.667. The van der Waals surface area contributed by atoms with Crippen molar-refractivity contribution in [2.24, 2.45) is 0 Å². The van der Waals surface area contributed by atoms with Crippen LogP contribution >= 0.6 is 0 Å². The molecule has 0 aromatic carbocycles. The Morgan fingerprint density at radius 1 is 1.32 bits per heavy atom. The van der Waals surface area contributed by atoms with Gasteiger partial charge in [0.15, 0.2) is 0 Å². The number of aryl methyl sites for hydroxylation is 1. The van der Waals surface area contributed by atoms with Crippen molar-refractivity contribution in [2.75, 3.05) is 26.8 Å². The number of ether oxygens (including phenoxy) is 2. The molecule has 1 aromatic heterocycles. The second kappa shape index (κ2) is 6.80. The van der Waals surface area contributed by atoms with Crippen molar-refractivity contribution >= 4 is 11.9 Å². The third-order valence-corrected chi connectivity index (χ3v) is 5.63. The van der Waals surface area contributed by atoms with Crippen molar-refractivity contribution in [1.82, 2.24) is 9.88 Å². The maximum Gasteiger partial charge on any atom is 0.337 e. The Balaban J connectivity index is 1.74. The van der Waals surface area contributed by atoms with E-state index in [2.05, 4.69) is 4.98 Å². The Kier molecular flexibility index (Phi) is 4.88. The second-order valence-electron chi connectivity index (χ2n) is 7.00. The Hall–Kier alpha value is -1.86. The molecule has 7 heteroatoms. The normalized spacial score (nSPS) is 23.0. The van der Waals surface area contributed by atoms with Crippen molar-refractivity contribution in [2.45, 2.75) is 51.2 Å². The van der Waals surface area contributed by atoms with E-state index in [1.165, 1.54) is 0 Å². The van der Waals surface area contributed by atoms with Crippen molar-refractivity contribution in [1.29, 1.82) is 0 Å². The zero-order valence-corrected chi connectivity index (χ0v) is 15.1. The number of hydrogen-bond donors (Lipinski definition) is 2. The molecule has 3 heterocycles. The first-order chi connectivity index (χ1) is 11.9. The number of rotatable bonds is 3. The fourth-order valence-corrected chi connectivity index (χ4v) is 4.23. The summed E-state index contributed by atoms with van der Waals surface area (Å²) in [5.41, 5.74) is 1.28. The van der Waals surface area contributed by atoms with Gasteiger partial charge in [-0.3, -0.25) is 4.79 Å². The number of nitrogens with one attached hydrogen (secondary N) is 1. The standard InChI is InChI=1S/C18H26N2O5/c1-11-14(17(22)23)12(2)19-15(11)16(21)20-8-6-18(7-9-20)13(24-3)5-4-10-25-18/h13,19H,4-10H2,1-3H3,(H,22,23). The number of aromatic nitrogens is 1. The molecule has 25 heavy (non-hydrogen) atoms. The largest absolute Gasteiger partial charge is 0.478 e. The van der Waals surface area contributed by atoms with Gasteiger partial charge in [-0.2, -0.15) is 0 Å². The first-order valence-electron chi connectivity index (χ1n) is 8.78. The van der Waals surface area contributed by atoms with Crippen LogP contribution < -0.4 is 0 Å². The highest BCUT2D eigenvalue weighted by Gasteiger charge is 2.45. The molecule has 2 aliphatic heterocycles. The number of likely N-dealkylation sites (tertiary alicyclic amines) is 1. The Morgan fingerprint density at radius 3 is 2.56 bits per heavy atom. The summed E-state index contributed by atoms with van der Waals surface area (Å²) in [6, 6.07) is 0. The zero-order valence-electron chi connectivity index (χ0n) is 15.1. The third kappa shape index (κ3) is 3.06. The van der Waals surface area contributed by atoms with Crippen molar-refractivity contribution in [3.8, 4) is 0 Å². The first kappa shape index (κ1) is 17.9. The minimum absolute atomic E-state index is 0.0755. The number of methoxy groups -OCH3 is 1. The van der Waals surface area contributed by atoms with Crippen LogP contribution in [-0.2, 0) is 9.47 Å². The molecular formula is C18H26N2O5. The summed E-state index contributed by atoms with van der Waals surface area (Å²) >= 11 is 0. The molecule has 2 saturated heterocycles. The average molecular weight is 350 g/mol. The van der Waals surface area contributed by atoms with Crippen molar-refractivity contribution < 1.29 is 24.2 Å². The number of carboxylic acid groups (broad SMARTS) is 1. The molecule has 138 valence electrons. The summed E-state index contributed by atoms with van der Waals surface area (Å²) in [6.45, 7) is 5.26. The Morgan fingerprint density at radius 2 is 2.00 bits per heavy atom. The first-order valence-corrected chi connectivity index (χ1v) is 8.78. The van der Waals surface area contributed by atoms with Crippen LogP contribution in [0.25, 0.3) is 0 Å². The van der Waals surface area contributed by atoms with E-state index in [1.807, 2.05) is 0 Å². The van der Waals surface area contributed by atoms with Crippen LogP contribution in [-0.4, -0.2) is 65.4 Å². The maximum absolute atomic E-state index is 12.9. The van der Waals surface area contributed by atoms with Gasteiger partial charge < -0.3 is 24.5 Å². The molecule has 1 unspecified atom stereocenters. The van der Waals surface area contributed by atoms with Crippen molar-refractivity contribution in [3.05, 3.63) is 22.5 Å². The lowest BCUT2D eigenvalue weighted by Crippen LogP contribution is -2.56. The summed E-state index contributed by atoms with van der Waals surface area (Å²) in [5.74, 6) is -1.16. The lowest BCUT2D eigenvalue weighted by Gasteiger charge is -2.47. The van der Waals surface area contributed by atoms with Gasteiger partial charge in [-0.05, 0) is 45.1 Å². The van der Waals surface area contributed by atoms with Crippen LogP contribution in [0.3, 0.4) is 0 Å². The highest BCUT2D eigenvalue weighted by Crippen LogP contribution is 2.37. The van der Waals surface area contributed by atoms with E-state index >= 15 is 0 Å². The van der Waals surface area contributed by atoms with E-state index in [0.29, 0.717) is 30.0 Å². The number of carboxylic acids is 1. The van der Waals surface area contributed by atoms with Gasteiger partial charge in [0, 0.05) is 32.5 Å². The van der Waals surface area contributed by atoms with E-state index in [4.69, 9.17) is 9.47 Å². The summed E-state index contributed by atoms with van der Waals surface area (Å²) in [7, 11) is 1.72. The second-order valence-corrected chi connectivity index (χ2v) is 7.00. The summed E-state index contributed by atoms with van der Waals surface area (Å²) in [4.78, 5) is 28.9. The molecule has 0 saturated carbocycles. The summed E-state index contributed by atoms with van der Waals surface area (Å²) in [5, 5.41) is 9.30. The van der Waals surface area contributed by atoms with Gasteiger partial charge in [0.05, 0.1) is 17.3 Å². The lowest BCUT2D eigenvalue weighted by atomic mass is 9.81. The highest BCUT2D eigenvalue weighted by molar-refractivity contribution is 6.00. The van der Waals surface area contributed by atoms with Gasteiger partial charge in [0.2, 0.25) is 0 Å². The Labute approximate surface area is 147 Å². The number of carbonyl (C=O) groups excluding carboxylic acids is 1. The zero-order chi connectivity index (χ0) is 18.2. The van der Waals surface area contributed by atoms with E-state index in [0.717, 1.165) is 32.3 Å². The number of carbonyl (C=O) groups is 2. The minimum Gasteiger partial charge on any atom is -0.478 e. The highest BCUT2D eigenvalue weighted by atomic mass is 16.5. The monoisotopic (exact) mass is 350 g/mol. The fourth-order valence-electron chi connectivity index (χ4n) is 4.23. The number of aromatic carboxylic acids is 1. The van der Waals surface area contributed by atoms with Crippen molar-refractivity contribution in [3.63, 3.8) is 0 Å². The Bertz CT molecular complexity index is 673. The molecule has 1 atom stereocenters. The summed E-state index contributed by atoms with van der Waals surface area (Å²) in [6.07, 6.45) is 3.54. The molecule has 3 rings (SSSR count). The number of amides is 1. The smallest absolute Gasteiger partial charge is 0.337 e. The van der Waals surface area contributed by atoms with Crippen LogP contribution in [0, 0.1) is 13.8 Å². The molecular weight excluding hydrogens is 324 g/mol. The van der Waals surface area contributed by atoms with E-state index in [-0.39, 0.29) is 23.2 Å². The number of H-pyrrole nitrogens is 1. The number of hydrogen-bond acceptors (Lipinski definition) is 4. The van der Waals surface area contributed by atoms with Crippen LogP contribution in [0.5, 0.6) is 0 Å². The van der Waals surface area contributed by atoms with Crippen LogP contribution in [0.15, 0.2) is 0 Å². The molecule has 7 nitrogen and oxygen atoms in total. The van der Waals surface area contributed by atoms with Gasteiger partial charge in [-0.1, -0.05) is 0 Å². The minimum atomic E-state index is -1.01. The SMILES string of the molecule is COC1CCCOC12CCN(C(=O)c1[nH]c(C)c(C(=O)O)c1C)CC2. The topological polar surface area (TPSA) is 91.9 Å². The molecule has 2 aliphatic rings. The summed E-state index contributed by atoms with van der Waals surface area (Å²) < 4.78 is 11.7. The number of piperidine rings is 1. The molecule has 1 amide bonds. The molecule has 2 N–H and O–H groups in total. The average Bonchev–Trinajstić information content (AvgIpc) is 2.90. The van der Waals surface area contributed by atoms with Crippen LogP contribution in [0.1, 0.15) is 57.8 Å². The van der Waals surface area contributed by atoms with Gasteiger partial charge in [0.1, 0.15) is 5.69 Å².